The molecule has 3 aromatic heterocycles. The highest BCUT2D eigenvalue weighted by molar-refractivity contribution is 7.88. The topological polar surface area (TPSA) is 136 Å². The molecule has 0 unspecified atom stereocenters. The summed E-state index contributed by atoms with van der Waals surface area (Å²) >= 11 is 0. The zero-order valence-corrected chi connectivity index (χ0v) is 21.3. The number of aromatic nitrogens is 5. The summed E-state index contributed by atoms with van der Waals surface area (Å²) in [4.78, 5) is 14.3. The molecule has 2 fully saturated rings. The largest absolute Gasteiger partial charge is 0.378 e. The summed E-state index contributed by atoms with van der Waals surface area (Å²) in [5, 5.41) is 18.3. The van der Waals surface area contributed by atoms with Gasteiger partial charge in [0.25, 0.3) is 0 Å². The van der Waals surface area contributed by atoms with Crippen LogP contribution in [0, 0.1) is 11.3 Å². The molecular weight excluding hydrogens is 494 g/mol. The molecule has 4 aromatic rings. The molecule has 0 radical (unpaired) electrons. The average Bonchev–Trinajstić information content (AvgIpc) is 3.55. The zero-order valence-electron chi connectivity index (χ0n) is 20.5. The Morgan fingerprint density at radius 3 is 2.62 bits per heavy atom. The lowest BCUT2D eigenvalue weighted by Gasteiger charge is -2.32. The van der Waals surface area contributed by atoms with Gasteiger partial charge in [0.15, 0.2) is 17.2 Å². The van der Waals surface area contributed by atoms with Gasteiger partial charge in [0.1, 0.15) is 11.8 Å². The van der Waals surface area contributed by atoms with Crippen molar-refractivity contribution in [1.82, 2.24) is 33.8 Å². The number of anilines is 1. The molecule has 0 bridgehead atoms. The number of ether oxygens (including phenoxy) is 1. The number of morpholine rings is 1. The molecule has 0 amide bonds. The van der Waals surface area contributed by atoms with Crippen LogP contribution in [0.25, 0.3) is 27.8 Å². The van der Waals surface area contributed by atoms with Crippen LogP contribution in [-0.2, 0) is 21.3 Å². The Balaban J connectivity index is 1.43. The first kappa shape index (κ1) is 23.8. The fourth-order valence-electron chi connectivity index (χ4n) is 5.06. The lowest BCUT2D eigenvalue weighted by molar-refractivity contribution is 0.122. The maximum atomic E-state index is 11.9. The summed E-state index contributed by atoms with van der Waals surface area (Å²) in [6.07, 6.45) is 4.90. The Morgan fingerprint density at radius 2 is 1.89 bits per heavy atom. The van der Waals surface area contributed by atoms with Gasteiger partial charge in [-0.1, -0.05) is 12.1 Å². The summed E-state index contributed by atoms with van der Waals surface area (Å²) in [6.45, 7) is 5.25. The molecule has 5 heterocycles. The van der Waals surface area contributed by atoms with Crippen molar-refractivity contribution in [3.8, 4) is 17.3 Å². The lowest BCUT2D eigenvalue weighted by atomic mass is 10.1. The summed E-state index contributed by atoms with van der Waals surface area (Å²) in [5.74, 6) is 0.714. The van der Waals surface area contributed by atoms with E-state index in [9.17, 15) is 13.7 Å². The van der Waals surface area contributed by atoms with E-state index in [0.717, 1.165) is 22.2 Å². The third kappa shape index (κ3) is 4.42. The number of benzene rings is 1. The number of imidazole rings is 1. The number of nitrogens with one attached hydrogen (secondary N) is 1. The van der Waals surface area contributed by atoms with Crippen molar-refractivity contribution in [3.05, 3.63) is 42.0 Å². The number of H-pyrrole nitrogens is 1. The minimum absolute atomic E-state index is 0.404. The van der Waals surface area contributed by atoms with Crippen LogP contribution in [0.4, 0.5) is 5.82 Å². The number of hydrogen-bond acceptors (Lipinski definition) is 9. The summed E-state index contributed by atoms with van der Waals surface area (Å²) in [7, 11) is -3.19. The normalized spacial score (nSPS) is 18.0. The first-order valence-corrected chi connectivity index (χ1v) is 14.0. The van der Waals surface area contributed by atoms with Crippen LogP contribution in [0.5, 0.6) is 0 Å². The van der Waals surface area contributed by atoms with Crippen molar-refractivity contribution in [2.45, 2.75) is 6.54 Å². The number of nitriles is 1. The average molecular weight is 522 g/mol. The van der Waals surface area contributed by atoms with E-state index in [2.05, 4.69) is 26.1 Å². The summed E-state index contributed by atoms with van der Waals surface area (Å²) < 4.78 is 32.7. The third-order valence-corrected chi connectivity index (χ3v) is 8.28. The molecule has 0 aliphatic carbocycles. The maximum absolute atomic E-state index is 11.9. The Kier molecular flexibility index (Phi) is 6.04. The van der Waals surface area contributed by atoms with Crippen LogP contribution >= 0.6 is 0 Å². The van der Waals surface area contributed by atoms with Gasteiger partial charge in [0.2, 0.25) is 10.0 Å². The standard InChI is InChI=1S/C24H27N9O3S/c1-37(34,35)32-7-5-30(6-8-32)15-17-16-33-21(13-25)22(18-3-2-4-20-19(18)14-26-29-20)28-23(24(33)27-17)31-9-11-36-12-10-31/h2-4,14,16H,5-12,15H2,1H3,(H,26,29). The number of fused-ring (bicyclic) bond motifs is 2. The Hall–Kier alpha value is -3.57. The number of piperazine rings is 1. The van der Waals surface area contributed by atoms with Gasteiger partial charge < -0.3 is 9.64 Å². The summed E-state index contributed by atoms with van der Waals surface area (Å²) in [6, 6.07) is 8.18. The second-order valence-electron chi connectivity index (χ2n) is 9.34. The van der Waals surface area contributed by atoms with Crippen LogP contribution in [-0.4, -0.2) is 101 Å². The van der Waals surface area contributed by atoms with Crippen LogP contribution in [0.1, 0.15) is 11.4 Å². The highest BCUT2D eigenvalue weighted by atomic mass is 32.2. The molecule has 0 saturated carbocycles. The molecule has 0 atom stereocenters. The lowest BCUT2D eigenvalue weighted by Crippen LogP contribution is -2.47. The van der Waals surface area contributed by atoms with Crippen molar-refractivity contribution in [1.29, 1.82) is 5.26 Å². The smallest absolute Gasteiger partial charge is 0.211 e. The molecule has 2 saturated heterocycles. The highest BCUT2D eigenvalue weighted by Gasteiger charge is 2.26. The quantitative estimate of drug-likeness (QED) is 0.409. The van der Waals surface area contributed by atoms with Crippen molar-refractivity contribution < 1.29 is 13.2 Å². The van der Waals surface area contributed by atoms with Crippen LogP contribution in [0.3, 0.4) is 0 Å². The second kappa shape index (κ2) is 9.38. The van der Waals surface area contributed by atoms with Gasteiger partial charge in [0, 0.05) is 63.0 Å². The minimum atomic E-state index is -3.19. The van der Waals surface area contributed by atoms with E-state index in [1.807, 2.05) is 28.8 Å². The van der Waals surface area contributed by atoms with Crippen molar-refractivity contribution in [2.24, 2.45) is 0 Å². The van der Waals surface area contributed by atoms with Gasteiger partial charge in [-0.25, -0.2) is 18.4 Å². The molecule has 37 heavy (non-hydrogen) atoms. The van der Waals surface area contributed by atoms with Gasteiger partial charge >= 0.3 is 0 Å². The second-order valence-corrected chi connectivity index (χ2v) is 11.3. The van der Waals surface area contributed by atoms with Crippen molar-refractivity contribution in [3.63, 3.8) is 0 Å². The van der Waals surface area contributed by atoms with Crippen LogP contribution < -0.4 is 4.90 Å². The third-order valence-electron chi connectivity index (χ3n) is 6.98. The maximum Gasteiger partial charge on any atom is 0.211 e. The van der Waals surface area contributed by atoms with Crippen molar-refractivity contribution in [2.75, 3.05) is 63.6 Å². The van der Waals surface area contributed by atoms with Gasteiger partial charge in [-0.15, -0.1) is 0 Å². The monoisotopic (exact) mass is 521 g/mol. The van der Waals surface area contributed by atoms with E-state index in [0.29, 0.717) is 81.9 Å². The molecule has 6 rings (SSSR count). The van der Waals surface area contributed by atoms with Gasteiger partial charge in [-0.05, 0) is 6.07 Å². The number of nitrogens with zero attached hydrogens (tertiary/aromatic N) is 8. The zero-order chi connectivity index (χ0) is 25.6. The number of rotatable bonds is 5. The molecule has 1 aromatic carbocycles. The first-order chi connectivity index (χ1) is 17.9. The van der Waals surface area contributed by atoms with Gasteiger partial charge in [-0.3, -0.25) is 14.4 Å². The molecule has 1 N–H and O–H groups in total. The fraction of sp³-hybridized carbons (Fsp3) is 0.417. The molecule has 2 aliphatic heterocycles. The predicted molar refractivity (Wildman–Crippen MR) is 138 cm³/mol. The molecule has 0 spiro atoms. The van der Waals surface area contributed by atoms with Crippen LogP contribution in [0.2, 0.25) is 0 Å². The molecule has 192 valence electrons. The van der Waals surface area contributed by atoms with E-state index >= 15 is 0 Å². The predicted octanol–water partition coefficient (Wildman–Crippen LogP) is 1.06. The summed E-state index contributed by atoms with van der Waals surface area (Å²) in [5.41, 5.74) is 4.11. The Bertz CT molecular complexity index is 1610. The number of aromatic amines is 1. The van der Waals surface area contributed by atoms with Gasteiger partial charge in [-0.2, -0.15) is 14.7 Å². The van der Waals surface area contributed by atoms with E-state index in [4.69, 9.17) is 14.7 Å². The Morgan fingerprint density at radius 1 is 1.11 bits per heavy atom. The van der Waals surface area contributed by atoms with E-state index in [-0.39, 0.29) is 0 Å². The van der Waals surface area contributed by atoms with Crippen LogP contribution in [0.15, 0.2) is 30.6 Å². The van der Waals surface area contributed by atoms with E-state index < -0.39 is 10.0 Å². The first-order valence-electron chi connectivity index (χ1n) is 12.2. The number of sulfonamides is 1. The molecular formula is C24H27N9O3S. The highest BCUT2D eigenvalue weighted by Crippen LogP contribution is 2.33. The fourth-order valence-corrected chi connectivity index (χ4v) is 5.89. The van der Waals surface area contributed by atoms with E-state index in [1.165, 1.54) is 10.6 Å². The molecule has 13 heteroatoms. The SMILES string of the molecule is CS(=O)(=O)N1CCN(Cc2cn3c(C#N)c(-c4cccc5[nH]ncc45)nc(N4CCOCC4)c3n2)CC1. The molecule has 2 aliphatic rings. The minimum Gasteiger partial charge on any atom is -0.378 e. The molecule has 12 nitrogen and oxygen atoms in total. The van der Waals surface area contributed by atoms with E-state index in [1.54, 1.807) is 6.20 Å². The van der Waals surface area contributed by atoms with Crippen molar-refractivity contribution >= 4 is 32.4 Å². The van der Waals surface area contributed by atoms with Gasteiger partial charge in [0.05, 0.1) is 36.9 Å². The number of hydrogen-bond donors (Lipinski definition) is 1. The Labute approximate surface area is 214 Å².